The van der Waals surface area contributed by atoms with Crippen LogP contribution in [0.25, 0.3) is 10.2 Å². The molecule has 2 aromatic carbocycles. The molecule has 0 radical (unpaired) electrons. The van der Waals surface area contributed by atoms with Gasteiger partial charge in [-0.1, -0.05) is 23.5 Å². The standard InChI is InChI=1S/C17H17N3O4S/c1-22-12-8-10(9-13(23-2)15(12)24-3)16(21)19-20-17-18-11-6-4-5-7-14(11)25-17/h4-9H,1-3H3,(H,18,20)(H,19,21). The molecule has 25 heavy (non-hydrogen) atoms. The first-order chi connectivity index (χ1) is 12.2. The monoisotopic (exact) mass is 359 g/mol. The summed E-state index contributed by atoms with van der Waals surface area (Å²) >= 11 is 1.45. The van der Waals surface area contributed by atoms with E-state index in [1.807, 2.05) is 24.3 Å². The predicted molar refractivity (Wildman–Crippen MR) is 96.8 cm³/mol. The lowest BCUT2D eigenvalue weighted by Crippen LogP contribution is -2.29. The number of aromatic nitrogens is 1. The molecule has 0 saturated heterocycles. The highest BCUT2D eigenvalue weighted by molar-refractivity contribution is 7.22. The summed E-state index contributed by atoms with van der Waals surface area (Å²) in [5.41, 5.74) is 6.69. The Labute approximate surface area is 148 Å². The molecule has 1 aromatic heterocycles. The summed E-state index contributed by atoms with van der Waals surface area (Å²) in [6, 6.07) is 10.9. The fourth-order valence-electron chi connectivity index (χ4n) is 2.32. The number of hydrogen-bond acceptors (Lipinski definition) is 7. The largest absolute Gasteiger partial charge is 0.493 e. The number of nitrogens with zero attached hydrogens (tertiary/aromatic N) is 1. The topological polar surface area (TPSA) is 81.7 Å². The Kier molecular flexibility index (Phi) is 4.90. The first-order valence-corrected chi connectivity index (χ1v) is 8.20. The van der Waals surface area contributed by atoms with Crippen molar-refractivity contribution >= 4 is 32.6 Å². The molecule has 1 heterocycles. The maximum Gasteiger partial charge on any atom is 0.269 e. The zero-order chi connectivity index (χ0) is 17.8. The van der Waals surface area contributed by atoms with E-state index in [0.717, 1.165) is 10.2 Å². The van der Waals surface area contributed by atoms with Crippen molar-refractivity contribution in [3.8, 4) is 17.2 Å². The summed E-state index contributed by atoms with van der Waals surface area (Å²) in [6.07, 6.45) is 0. The zero-order valence-electron chi connectivity index (χ0n) is 14.0. The maximum atomic E-state index is 12.4. The van der Waals surface area contributed by atoms with E-state index in [0.29, 0.717) is 27.9 Å². The van der Waals surface area contributed by atoms with Crippen LogP contribution < -0.4 is 25.1 Å². The van der Waals surface area contributed by atoms with Gasteiger partial charge in [0.2, 0.25) is 10.9 Å². The summed E-state index contributed by atoms with van der Waals surface area (Å²) in [5, 5.41) is 0.599. The number of carbonyl (C=O) groups excluding carboxylic acids is 1. The van der Waals surface area contributed by atoms with E-state index in [1.165, 1.54) is 32.7 Å². The second-order valence-electron chi connectivity index (χ2n) is 4.98. The Balaban J connectivity index is 1.78. The summed E-state index contributed by atoms with van der Waals surface area (Å²) in [7, 11) is 4.51. The van der Waals surface area contributed by atoms with Gasteiger partial charge in [-0.05, 0) is 24.3 Å². The number of nitrogens with one attached hydrogen (secondary N) is 2. The SMILES string of the molecule is COc1cc(C(=O)NNc2nc3ccccc3s2)cc(OC)c1OC. The number of hydrogen-bond donors (Lipinski definition) is 2. The van der Waals surface area contributed by atoms with Crippen LogP contribution in [0.2, 0.25) is 0 Å². The summed E-state index contributed by atoms with van der Waals surface area (Å²) in [5.74, 6) is 0.901. The van der Waals surface area contributed by atoms with Crippen LogP contribution in [0.4, 0.5) is 5.13 Å². The van der Waals surface area contributed by atoms with Gasteiger partial charge >= 0.3 is 0 Å². The smallest absolute Gasteiger partial charge is 0.269 e. The van der Waals surface area contributed by atoms with Crippen LogP contribution in [0, 0.1) is 0 Å². The van der Waals surface area contributed by atoms with Gasteiger partial charge in [-0.25, -0.2) is 4.98 Å². The number of methoxy groups -OCH3 is 3. The molecule has 0 atom stereocenters. The number of thiazole rings is 1. The fraction of sp³-hybridized carbons (Fsp3) is 0.176. The molecule has 3 rings (SSSR count). The third kappa shape index (κ3) is 3.43. The second-order valence-corrected chi connectivity index (χ2v) is 6.01. The normalized spacial score (nSPS) is 10.4. The van der Waals surface area contributed by atoms with E-state index in [4.69, 9.17) is 14.2 Å². The van der Waals surface area contributed by atoms with Crippen molar-refractivity contribution in [2.45, 2.75) is 0 Å². The van der Waals surface area contributed by atoms with E-state index < -0.39 is 0 Å². The lowest BCUT2D eigenvalue weighted by molar-refractivity contribution is 0.0962. The number of benzene rings is 2. The lowest BCUT2D eigenvalue weighted by atomic mass is 10.1. The Hall–Kier alpha value is -3.00. The highest BCUT2D eigenvalue weighted by Crippen LogP contribution is 2.38. The molecule has 0 saturated carbocycles. The second kappa shape index (κ2) is 7.27. The average molecular weight is 359 g/mol. The van der Waals surface area contributed by atoms with E-state index in [9.17, 15) is 4.79 Å². The minimum Gasteiger partial charge on any atom is -0.493 e. The van der Waals surface area contributed by atoms with Crippen LogP contribution in [0.5, 0.6) is 17.2 Å². The molecule has 3 aromatic rings. The predicted octanol–water partition coefficient (Wildman–Crippen LogP) is 3.08. The van der Waals surface area contributed by atoms with Crippen LogP contribution in [0.1, 0.15) is 10.4 Å². The van der Waals surface area contributed by atoms with E-state index in [2.05, 4.69) is 15.8 Å². The number of rotatable bonds is 6. The Morgan fingerprint density at radius 2 is 1.72 bits per heavy atom. The zero-order valence-corrected chi connectivity index (χ0v) is 14.8. The van der Waals surface area contributed by atoms with E-state index in [-0.39, 0.29) is 5.91 Å². The van der Waals surface area contributed by atoms with Gasteiger partial charge in [0.05, 0.1) is 31.5 Å². The van der Waals surface area contributed by atoms with Crippen molar-refractivity contribution in [3.63, 3.8) is 0 Å². The van der Waals surface area contributed by atoms with Gasteiger partial charge < -0.3 is 14.2 Å². The Morgan fingerprint density at radius 3 is 2.32 bits per heavy atom. The number of ether oxygens (including phenoxy) is 3. The number of anilines is 1. The van der Waals surface area contributed by atoms with Gasteiger partial charge in [-0.15, -0.1) is 0 Å². The molecule has 130 valence electrons. The maximum absolute atomic E-state index is 12.4. The number of hydrazine groups is 1. The molecule has 0 bridgehead atoms. The average Bonchev–Trinajstić information content (AvgIpc) is 3.07. The molecule has 0 aliphatic carbocycles. The number of amides is 1. The number of fused-ring (bicyclic) bond motifs is 1. The van der Waals surface area contributed by atoms with Crippen LogP contribution in [0.15, 0.2) is 36.4 Å². The first kappa shape index (κ1) is 16.8. The van der Waals surface area contributed by atoms with Crippen molar-refractivity contribution in [2.24, 2.45) is 0 Å². The van der Waals surface area contributed by atoms with Crippen LogP contribution in [-0.2, 0) is 0 Å². The fourth-order valence-corrected chi connectivity index (χ4v) is 3.14. The van der Waals surface area contributed by atoms with Gasteiger partial charge in [0, 0.05) is 5.56 Å². The number of para-hydroxylation sites is 1. The molecule has 1 amide bonds. The van der Waals surface area contributed by atoms with Crippen molar-refractivity contribution in [3.05, 3.63) is 42.0 Å². The van der Waals surface area contributed by atoms with Crippen molar-refractivity contribution in [1.82, 2.24) is 10.4 Å². The molecule has 0 spiro atoms. The van der Waals surface area contributed by atoms with Crippen LogP contribution in [0.3, 0.4) is 0 Å². The van der Waals surface area contributed by atoms with Crippen molar-refractivity contribution < 1.29 is 19.0 Å². The number of carbonyl (C=O) groups is 1. The summed E-state index contributed by atoms with van der Waals surface area (Å²) in [6.45, 7) is 0. The molecule has 7 nitrogen and oxygen atoms in total. The van der Waals surface area contributed by atoms with Gasteiger partial charge in [-0.2, -0.15) is 0 Å². The van der Waals surface area contributed by atoms with Gasteiger partial charge in [0.25, 0.3) is 5.91 Å². The minimum atomic E-state index is -0.349. The molecule has 2 N–H and O–H groups in total. The molecule has 0 aliphatic rings. The third-order valence-corrected chi connectivity index (χ3v) is 4.46. The Bertz CT molecular complexity index is 852. The van der Waals surface area contributed by atoms with Gasteiger partial charge in [-0.3, -0.25) is 15.6 Å². The Morgan fingerprint density at radius 1 is 1.04 bits per heavy atom. The van der Waals surface area contributed by atoms with Crippen LogP contribution >= 0.6 is 11.3 Å². The quantitative estimate of drug-likeness (QED) is 0.658. The summed E-state index contributed by atoms with van der Waals surface area (Å²) in [4.78, 5) is 16.8. The minimum absolute atomic E-state index is 0.349. The highest BCUT2D eigenvalue weighted by Gasteiger charge is 2.17. The molecule has 8 heteroatoms. The third-order valence-electron chi connectivity index (χ3n) is 3.50. The molecular weight excluding hydrogens is 342 g/mol. The van der Waals surface area contributed by atoms with E-state index in [1.54, 1.807) is 12.1 Å². The molecule has 0 unspecified atom stereocenters. The lowest BCUT2D eigenvalue weighted by Gasteiger charge is -2.14. The molecule has 0 fully saturated rings. The van der Waals surface area contributed by atoms with Gasteiger partial charge in [0.15, 0.2) is 11.5 Å². The van der Waals surface area contributed by atoms with Crippen LogP contribution in [-0.4, -0.2) is 32.2 Å². The van der Waals surface area contributed by atoms with E-state index >= 15 is 0 Å². The van der Waals surface area contributed by atoms with Gasteiger partial charge in [0.1, 0.15) is 0 Å². The molecular formula is C17H17N3O4S. The van der Waals surface area contributed by atoms with Crippen molar-refractivity contribution in [1.29, 1.82) is 0 Å². The first-order valence-electron chi connectivity index (χ1n) is 7.38. The molecule has 0 aliphatic heterocycles. The highest BCUT2D eigenvalue weighted by atomic mass is 32.1. The summed E-state index contributed by atoms with van der Waals surface area (Å²) < 4.78 is 16.8. The van der Waals surface area contributed by atoms with Crippen molar-refractivity contribution in [2.75, 3.05) is 26.8 Å².